The molecule has 2 aromatic rings. The van der Waals surface area contributed by atoms with Crippen LogP contribution in [0.1, 0.15) is 36.0 Å². The molecule has 0 saturated carbocycles. The average Bonchev–Trinajstić information content (AvgIpc) is 2.91. The highest BCUT2D eigenvalue weighted by Gasteiger charge is 2.19. The van der Waals surface area contributed by atoms with Crippen LogP contribution in [0.2, 0.25) is 0 Å². The zero-order chi connectivity index (χ0) is 16.2. The van der Waals surface area contributed by atoms with Crippen LogP contribution in [0.5, 0.6) is 0 Å². The van der Waals surface area contributed by atoms with Gasteiger partial charge in [0.1, 0.15) is 10.7 Å². The molecule has 6 nitrogen and oxygen atoms in total. The molecule has 2 heterocycles. The van der Waals surface area contributed by atoms with Gasteiger partial charge in [-0.05, 0) is 38.2 Å². The summed E-state index contributed by atoms with van der Waals surface area (Å²) in [6, 6.07) is 0. The minimum atomic E-state index is -0.188. The van der Waals surface area contributed by atoms with Gasteiger partial charge in [-0.25, -0.2) is 10.5 Å². The molecule has 0 aliphatic heterocycles. The van der Waals surface area contributed by atoms with Gasteiger partial charge in [-0.2, -0.15) is 0 Å². The molecular weight excluding hydrogens is 334 g/mol. The summed E-state index contributed by atoms with van der Waals surface area (Å²) in [6.07, 6.45) is 4.36. The van der Waals surface area contributed by atoms with Gasteiger partial charge in [0.05, 0.1) is 23.5 Å². The zero-order valence-corrected chi connectivity index (χ0v) is 14.6. The molecule has 0 saturated heterocycles. The minimum Gasteiger partial charge on any atom is -0.309 e. The van der Waals surface area contributed by atoms with Crippen LogP contribution in [-0.4, -0.2) is 28.2 Å². The quantitative estimate of drug-likeness (QED) is 0.778. The number of aromatic amines is 1. The fraction of sp³-hybridized carbons (Fsp3) is 0.533. The number of aryl methyl sites for hydroxylation is 2. The van der Waals surface area contributed by atoms with E-state index in [0.29, 0.717) is 18.2 Å². The molecule has 1 aliphatic rings. The van der Waals surface area contributed by atoms with E-state index in [1.54, 1.807) is 18.3 Å². The normalized spacial score (nSPS) is 14.0. The standard InChI is InChI=1S/C15H19N3O3S2/c1-2-21-18-12(19)8-22-7-11-16-14(20)13-9-5-3-4-6-10(9)23-15(13)17-11/h2-8H2,1H3,(H,18,19)(H,16,17,20). The molecule has 23 heavy (non-hydrogen) atoms. The van der Waals surface area contributed by atoms with Gasteiger partial charge in [0.25, 0.3) is 11.5 Å². The Morgan fingerprint density at radius 3 is 3.09 bits per heavy atom. The van der Waals surface area contributed by atoms with Crippen LogP contribution in [0.25, 0.3) is 10.2 Å². The molecule has 0 spiro atoms. The van der Waals surface area contributed by atoms with E-state index in [4.69, 9.17) is 4.84 Å². The first-order valence-electron chi connectivity index (χ1n) is 7.71. The van der Waals surface area contributed by atoms with Crippen LogP contribution in [0.4, 0.5) is 0 Å². The molecule has 0 fully saturated rings. The van der Waals surface area contributed by atoms with Gasteiger partial charge in [-0.3, -0.25) is 14.4 Å². The van der Waals surface area contributed by atoms with E-state index in [1.165, 1.54) is 28.6 Å². The number of H-pyrrole nitrogens is 1. The Bertz CT molecular complexity index is 769. The molecule has 2 N–H and O–H groups in total. The molecular formula is C15H19N3O3S2. The molecule has 1 aliphatic carbocycles. The Hall–Kier alpha value is -1.38. The lowest BCUT2D eigenvalue weighted by molar-refractivity contribution is -0.130. The molecule has 8 heteroatoms. The summed E-state index contributed by atoms with van der Waals surface area (Å²) in [5.41, 5.74) is 3.49. The molecule has 124 valence electrons. The lowest BCUT2D eigenvalue weighted by Gasteiger charge is -2.09. The molecule has 0 unspecified atom stereocenters. The molecule has 3 rings (SSSR count). The van der Waals surface area contributed by atoms with Crippen molar-refractivity contribution in [1.82, 2.24) is 15.4 Å². The second-order valence-electron chi connectivity index (χ2n) is 5.35. The summed E-state index contributed by atoms with van der Waals surface area (Å²) < 4.78 is 0. The number of amides is 1. The van der Waals surface area contributed by atoms with Crippen molar-refractivity contribution >= 4 is 39.2 Å². The molecule has 0 atom stereocenters. The number of nitrogens with zero attached hydrogens (tertiary/aromatic N) is 1. The highest BCUT2D eigenvalue weighted by Crippen LogP contribution is 2.33. The van der Waals surface area contributed by atoms with Gasteiger partial charge >= 0.3 is 0 Å². The van der Waals surface area contributed by atoms with Crippen molar-refractivity contribution in [3.05, 3.63) is 26.6 Å². The molecule has 2 aromatic heterocycles. The van der Waals surface area contributed by atoms with Crippen LogP contribution in [0.3, 0.4) is 0 Å². The molecule has 0 aromatic carbocycles. The van der Waals surface area contributed by atoms with Crippen molar-refractivity contribution in [1.29, 1.82) is 0 Å². The van der Waals surface area contributed by atoms with Gasteiger partial charge in [-0.15, -0.1) is 23.1 Å². The summed E-state index contributed by atoms with van der Waals surface area (Å²) in [5, 5.41) is 0.771. The monoisotopic (exact) mass is 353 g/mol. The Kier molecular flexibility index (Phi) is 5.34. The first-order chi connectivity index (χ1) is 11.2. The minimum absolute atomic E-state index is 0.0521. The Balaban J connectivity index is 1.70. The zero-order valence-electron chi connectivity index (χ0n) is 12.9. The highest BCUT2D eigenvalue weighted by molar-refractivity contribution is 7.99. The van der Waals surface area contributed by atoms with E-state index in [-0.39, 0.29) is 17.2 Å². The Morgan fingerprint density at radius 1 is 1.43 bits per heavy atom. The number of carbonyl (C=O) groups excluding carboxylic acids is 1. The number of hydroxylamine groups is 1. The lowest BCUT2D eigenvalue weighted by atomic mass is 9.97. The van der Waals surface area contributed by atoms with E-state index in [1.807, 2.05) is 0 Å². The summed E-state index contributed by atoms with van der Waals surface area (Å²) in [7, 11) is 0. The highest BCUT2D eigenvalue weighted by atomic mass is 32.2. The van der Waals surface area contributed by atoms with E-state index in [9.17, 15) is 9.59 Å². The van der Waals surface area contributed by atoms with Crippen LogP contribution < -0.4 is 11.0 Å². The maximum absolute atomic E-state index is 12.4. The summed E-state index contributed by atoms with van der Waals surface area (Å²) >= 11 is 3.04. The molecule has 0 radical (unpaired) electrons. The van der Waals surface area contributed by atoms with E-state index >= 15 is 0 Å². The smallest absolute Gasteiger partial charge is 0.259 e. The van der Waals surface area contributed by atoms with Crippen molar-refractivity contribution in [2.45, 2.75) is 38.4 Å². The number of carbonyl (C=O) groups is 1. The Labute approximate surface area is 142 Å². The van der Waals surface area contributed by atoms with Gasteiger partial charge < -0.3 is 4.98 Å². The predicted molar refractivity (Wildman–Crippen MR) is 92.8 cm³/mol. The van der Waals surface area contributed by atoms with Crippen molar-refractivity contribution in [3.8, 4) is 0 Å². The largest absolute Gasteiger partial charge is 0.309 e. The lowest BCUT2D eigenvalue weighted by Crippen LogP contribution is -2.25. The maximum Gasteiger partial charge on any atom is 0.259 e. The summed E-state index contributed by atoms with van der Waals surface area (Å²) in [4.78, 5) is 38.2. The number of rotatable bonds is 6. The first kappa shape index (κ1) is 16.5. The van der Waals surface area contributed by atoms with Crippen LogP contribution in [0.15, 0.2) is 4.79 Å². The van der Waals surface area contributed by atoms with Gasteiger partial charge in [0.2, 0.25) is 0 Å². The third-order valence-corrected chi connectivity index (χ3v) is 5.81. The van der Waals surface area contributed by atoms with E-state index in [0.717, 1.165) is 29.5 Å². The fourth-order valence-electron chi connectivity index (χ4n) is 2.70. The predicted octanol–water partition coefficient (Wildman–Crippen LogP) is 2.16. The van der Waals surface area contributed by atoms with Crippen LogP contribution in [-0.2, 0) is 28.2 Å². The third kappa shape index (κ3) is 3.76. The van der Waals surface area contributed by atoms with E-state index in [2.05, 4.69) is 15.4 Å². The Morgan fingerprint density at radius 2 is 2.26 bits per heavy atom. The van der Waals surface area contributed by atoms with Crippen molar-refractivity contribution in [2.75, 3.05) is 12.4 Å². The average molecular weight is 353 g/mol. The fourth-order valence-corrected chi connectivity index (χ4v) is 4.66. The van der Waals surface area contributed by atoms with Crippen molar-refractivity contribution in [3.63, 3.8) is 0 Å². The van der Waals surface area contributed by atoms with Crippen LogP contribution >= 0.6 is 23.1 Å². The maximum atomic E-state index is 12.4. The SMILES string of the molecule is CCONC(=O)CSCc1nc2sc3c(c2c(=O)[nH]1)CCCC3. The molecule has 0 bridgehead atoms. The number of nitrogens with one attached hydrogen (secondary N) is 2. The number of hydrogen-bond donors (Lipinski definition) is 2. The summed E-state index contributed by atoms with van der Waals surface area (Å²) in [6.45, 7) is 2.24. The van der Waals surface area contributed by atoms with Gasteiger partial charge in [0.15, 0.2) is 0 Å². The van der Waals surface area contributed by atoms with Gasteiger partial charge in [-0.1, -0.05) is 0 Å². The van der Waals surface area contributed by atoms with E-state index < -0.39 is 0 Å². The van der Waals surface area contributed by atoms with Crippen molar-refractivity contribution in [2.24, 2.45) is 0 Å². The second-order valence-corrected chi connectivity index (χ2v) is 7.42. The summed E-state index contributed by atoms with van der Waals surface area (Å²) in [5.74, 6) is 1.19. The number of fused-ring (bicyclic) bond motifs is 3. The first-order valence-corrected chi connectivity index (χ1v) is 9.68. The molecule has 1 amide bonds. The second kappa shape index (κ2) is 7.46. The number of aromatic nitrogens is 2. The number of thioether (sulfide) groups is 1. The number of thiophene rings is 1. The number of hydrogen-bond acceptors (Lipinski definition) is 6. The van der Waals surface area contributed by atoms with Gasteiger partial charge in [0, 0.05) is 4.88 Å². The topological polar surface area (TPSA) is 84.1 Å². The van der Waals surface area contributed by atoms with Crippen molar-refractivity contribution < 1.29 is 9.63 Å². The third-order valence-electron chi connectivity index (χ3n) is 3.68. The van der Waals surface area contributed by atoms with Crippen LogP contribution in [0, 0.1) is 0 Å².